The minimum atomic E-state index is -1.88. The number of ether oxygens (including phenoxy) is 1. The van der Waals surface area contributed by atoms with Crippen LogP contribution < -0.4 is 0 Å². The van der Waals surface area contributed by atoms with Crippen molar-refractivity contribution in [3.8, 4) is 0 Å². The number of hydrogen-bond donors (Lipinski definition) is 1. The number of carbonyl (C=O) groups is 1. The fourth-order valence-electron chi connectivity index (χ4n) is 2.08. The molecule has 1 fully saturated rings. The van der Waals surface area contributed by atoms with Crippen molar-refractivity contribution in [2.24, 2.45) is 5.92 Å². The number of alkyl halides is 1. The van der Waals surface area contributed by atoms with Crippen LogP contribution in [0.4, 0.5) is 4.39 Å². The number of rotatable bonds is 4. The molecule has 0 bridgehead atoms. The second-order valence-electron chi connectivity index (χ2n) is 4.04. The predicted molar refractivity (Wildman–Crippen MR) is 54.1 cm³/mol. The highest BCUT2D eigenvalue weighted by Gasteiger charge is 2.34. The molecule has 1 aliphatic rings. The third-order valence-corrected chi connectivity index (χ3v) is 2.94. The molecule has 2 atom stereocenters. The molecule has 1 aliphatic carbocycles. The smallest absolute Gasteiger partial charge is 0.343 e. The number of aliphatic hydroxyl groups is 1. The summed E-state index contributed by atoms with van der Waals surface area (Å²) in [6, 6.07) is 0. The molecule has 0 heterocycles. The van der Waals surface area contributed by atoms with Crippen LogP contribution in [-0.4, -0.2) is 30.0 Å². The molecule has 0 aromatic carbocycles. The number of esters is 1. The Bertz CT molecular complexity index is 202. The Morgan fingerprint density at radius 2 is 2.07 bits per heavy atom. The van der Waals surface area contributed by atoms with Crippen molar-refractivity contribution in [3.05, 3.63) is 0 Å². The van der Waals surface area contributed by atoms with Crippen molar-refractivity contribution in [1.82, 2.24) is 0 Å². The Hall–Kier alpha value is -0.640. The van der Waals surface area contributed by atoms with Gasteiger partial charge in [0.05, 0.1) is 12.7 Å². The summed E-state index contributed by atoms with van der Waals surface area (Å²) < 4.78 is 18.0. The topological polar surface area (TPSA) is 46.5 Å². The van der Waals surface area contributed by atoms with E-state index in [9.17, 15) is 14.3 Å². The van der Waals surface area contributed by atoms with E-state index in [1.165, 1.54) is 0 Å². The minimum absolute atomic E-state index is 0.0850. The van der Waals surface area contributed by atoms with Gasteiger partial charge >= 0.3 is 5.97 Å². The molecule has 0 aromatic heterocycles. The van der Waals surface area contributed by atoms with Crippen molar-refractivity contribution in [3.63, 3.8) is 0 Å². The van der Waals surface area contributed by atoms with E-state index in [0.717, 1.165) is 32.1 Å². The number of halogens is 1. The Labute approximate surface area is 89.6 Å². The van der Waals surface area contributed by atoms with E-state index in [4.69, 9.17) is 0 Å². The fraction of sp³-hybridized carbons (Fsp3) is 0.909. The van der Waals surface area contributed by atoms with Crippen molar-refractivity contribution in [2.45, 2.75) is 51.3 Å². The summed E-state index contributed by atoms with van der Waals surface area (Å²) in [5, 5.41) is 9.66. The van der Waals surface area contributed by atoms with Crippen molar-refractivity contribution >= 4 is 5.97 Å². The minimum Gasteiger partial charge on any atom is -0.464 e. The molecule has 2 unspecified atom stereocenters. The lowest BCUT2D eigenvalue weighted by molar-refractivity contribution is -0.155. The van der Waals surface area contributed by atoms with Crippen LogP contribution in [0, 0.1) is 5.92 Å². The molecule has 3 nitrogen and oxygen atoms in total. The average Bonchev–Trinajstić information content (AvgIpc) is 2.28. The fourth-order valence-corrected chi connectivity index (χ4v) is 2.08. The lowest BCUT2D eigenvalue weighted by Crippen LogP contribution is -2.38. The van der Waals surface area contributed by atoms with Gasteiger partial charge in [0.25, 0.3) is 0 Å². The summed E-state index contributed by atoms with van der Waals surface area (Å²) in [4.78, 5) is 11.1. The maximum atomic E-state index is 13.4. The Kier molecular flexibility index (Phi) is 5.02. The van der Waals surface area contributed by atoms with Gasteiger partial charge in [-0.1, -0.05) is 19.3 Å². The highest BCUT2D eigenvalue weighted by Crippen LogP contribution is 2.28. The quantitative estimate of drug-likeness (QED) is 0.732. The maximum absolute atomic E-state index is 13.4. The van der Waals surface area contributed by atoms with Crippen LogP contribution in [-0.2, 0) is 9.53 Å². The Morgan fingerprint density at radius 1 is 1.47 bits per heavy atom. The van der Waals surface area contributed by atoms with Gasteiger partial charge in [0, 0.05) is 0 Å². The molecule has 0 amide bonds. The number of aliphatic hydroxyl groups excluding tert-OH is 1. The van der Waals surface area contributed by atoms with Gasteiger partial charge in [-0.2, -0.15) is 0 Å². The van der Waals surface area contributed by atoms with E-state index in [-0.39, 0.29) is 12.5 Å². The molecule has 4 heteroatoms. The van der Waals surface area contributed by atoms with Crippen LogP contribution in [0.15, 0.2) is 0 Å². The Morgan fingerprint density at radius 3 is 2.60 bits per heavy atom. The highest BCUT2D eigenvalue weighted by atomic mass is 19.1. The lowest BCUT2D eigenvalue weighted by atomic mass is 9.83. The van der Waals surface area contributed by atoms with E-state index in [0.29, 0.717) is 0 Å². The molecule has 0 aliphatic heterocycles. The van der Waals surface area contributed by atoms with Gasteiger partial charge in [0.1, 0.15) is 0 Å². The third-order valence-electron chi connectivity index (χ3n) is 2.94. The van der Waals surface area contributed by atoms with Gasteiger partial charge in [-0.25, -0.2) is 9.18 Å². The van der Waals surface area contributed by atoms with Gasteiger partial charge in [-0.05, 0) is 25.7 Å². The van der Waals surface area contributed by atoms with Crippen molar-refractivity contribution in [2.75, 3.05) is 6.61 Å². The molecule has 0 saturated heterocycles. The molecule has 0 aromatic rings. The normalized spacial score (nSPS) is 22.1. The maximum Gasteiger partial charge on any atom is 0.343 e. The zero-order valence-corrected chi connectivity index (χ0v) is 9.12. The summed E-state index contributed by atoms with van der Waals surface area (Å²) >= 11 is 0. The predicted octanol–water partition coefficient (Wildman–Crippen LogP) is 1.83. The molecule has 1 rings (SSSR count). The first-order valence-electron chi connectivity index (χ1n) is 5.65. The number of hydrogen-bond acceptors (Lipinski definition) is 3. The summed E-state index contributed by atoms with van der Waals surface area (Å²) in [5.41, 5.74) is 0. The Balaban J connectivity index is 2.43. The molecule has 1 saturated carbocycles. The second-order valence-corrected chi connectivity index (χ2v) is 4.04. The number of carbonyl (C=O) groups excluding carboxylic acids is 1. The van der Waals surface area contributed by atoms with E-state index in [2.05, 4.69) is 4.74 Å². The molecule has 15 heavy (non-hydrogen) atoms. The van der Waals surface area contributed by atoms with Crippen molar-refractivity contribution in [1.29, 1.82) is 0 Å². The van der Waals surface area contributed by atoms with Gasteiger partial charge in [0.2, 0.25) is 6.17 Å². The van der Waals surface area contributed by atoms with Crippen LogP contribution in [0.3, 0.4) is 0 Å². The zero-order chi connectivity index (χ0) is 11.3. The third kappa shape index (κ3) is 3.45. The SMILES string of the molecule is CCOC(=O)C(F)C(O)C1CCCCC1. The largest absolute Gasteiger partial charge is 0.464 e. The van der Waals surface area contributed by atoms with E-state index in [1.807, 2.05) is 0 Å². The summed E-state index contributed by atoms with van der Waals surface area (Å²) in [6.45, 7) is 1.77. The van der Waals surface area contributed by atoms with E-state index < -0.39 is 18.2 Å². The van der Waals surface area contributed by atoms with Gasteiger partial charge in [-0.3, -0.25) is 0 Å². The first kappa shape index (κ1) is 12.4. The zero-order valence-electron chi connectivity index (χ0n) is 9.12. The average molecular weight is 218 g/mol. The van der Waals surface area contributed by atoms with Crippen LogP contribution in [0.25, 0.3) is 0 Å². The summed E-state index contributed by atoms with van der Waals surface area (Å²) in [7, 11) is 0. The van der Waals surface area contributed by atoms with Crippen molar-refractivity contribution < 1.29 is 19.0 Å². The van der Waals surface area contributed by atoms with Crippen LogP contribution >= 0.6 is 0 Å². The second kappa shape index (κ2) is 6.05. The van der Waals surface area contributed by atoms with Gasteiger partial charge < -0.3 is 9.84 Å². The van der Waals surface area contributed by atoms with Gasteiger partial charge in [-0.15, -0.1) is 0 Å². The molecule has 0 radical (unpaired) electrons. The monoisotopic (exact) mass is 218 g/mol. The van der Waals surface area contributed by atoms with Crippen LogP contribution in [0.1, 0.15) is 39.0 Å². The molecule has 0 spiro atoms. The summed E-state index contributed by atoms with van der Waals surface area (Å²) in [6.07, 6.45) is 1.70. The first-order chi connectivity index (χ1) is 7.16. The molecule has 88 valence electrons. The highest BCUT2D eigenvalue weighted by molar-refractivity contribution is 5.75. The van der Waals surface area contributed by atoms with E-state index >= 15 is 0 Å². The molecular formula is C11H19FO3. The lowest BCUT2D eigenvalue weighted by Gasteiger charge is -2.27. The summed E-state index contributed by atoms with van der Waals surface area (Å²) in [5.74, 6) is -1.02. The molecule has 1 N–H and O–H groups in total. The standard InChI is InChI=1S/C11H19FO3/c1-2-15-11(14)9(12)10(13)8-6-4-3-5-7-8/h8-10,13H,2-7H2,1H3. The molecular weight excluding hydrogens is 199 g/mol. The first-order valence-corrected chi connectivity index (χ1v) is 5.65. The van der Waals surface area contributed by atoms with Crippen LogP contribution in [0.2, 0.25) is 0 Å². The van der Waals surface area contributed by atoms with Gasteiger partial charge in [0.15, 0.2) is 0 Å². The van der Waals surface area contributed by atoms with E-state index in [1.54, 1.807) is 6.92 Å². The van der Waals surface area contributed by atoms with Crippen LogP contribution in [0.5, 0.6) is 0 Å².